The van der Waals surface area contributed by atoms with E-state index in [0.717, 1.165) is 13.1 Å². The van der Waals surface area contributed by atoms with Gasteiger partial charge >= 0.3 is 0 Å². The zero-order valence-corrected chi connectivity index (χ0v) is 10.9. The molecule has 0 aromatic carbocycles. The summed E-state index contributed by atoms with van der Waals surface area (Å²) in [4.78, 5) is 1.47. The Labute approximate surface area is 102 Å². The molecule has 0 amide bonds. The number of aryl methyl sites for hydroxylation is 1. The van der Waals surface area contributed by atoms with Crippen LogP contribution in [-0.4, -0.2) is 12.6 Å². The van der Waals surface area contributed by atoms with E-state index in [2.05, 4.69) is 23.7 Å². The molecule has 2 unspecified atom stereocenters. The molecule has 0 aliphatic heterocycles. The first-order valence-corrected chi connectivity index (χ1v) is 7.15. The van der Waals surface area contributed by atoms with Crippen LogP contribution in [0.5, 0.6) is 0 Å². The van der Waals surface area contributed by atoms with Gasteiger partial charge in [-0.05, 0) is 49.2 Å². The lowest BCUT2D eigenvalue weighted by Gasteiger charge is -2.31. The molecule has 3 heteroatoms. The number of hydrogen-bond acceptors (Lipinski definition) is 3. The fourth-order valence-electron chi connectivity index (χ4n) is 2.57. The molecule has 0 radical (unpaired) electrons. The predicted molar refractivity (Wildman–Crippen MR) is 70.7 cm³/mol. The van der Waals surface area contributed by atoms with E-state index in [-0.39, 0.29) is 0 Å². The van der Waals surface area contributed by atoms with Crippen molar-refractivity contribution in [2.45, 2.75) is 45.2 Å². The van der Waals surface area contributed by atoms with Gasteiger partial charge in [-0.3, -0.25) is 0 Å². The van der Waals surface area contributed by atoms with E-state index in [1.807, 2.05) is 11.3 Å². The van der Waals surface area contributed by atoms with Crippen LogP contribution < -0.4 is 11.1 Å². The van der Waals surface area contributed by atoms with Gasteiger partial charge in [0.15, 0.2) is 0 Å². The minimum atomic E-state index is 0.639. The Morgan fingerprint density at radius 2 is 2.25 bits per heavy atom. The number of nitrogens with two attached hydrogens (primary N) is 1. The lowest BCUT2D eigenvalue weighted by Crippen LogP contribution is -2.41. The highest BCUT2D eigenvalue weighted by atomic mass is 32.1. The molecule has 2 nitrogen and oxygen atoms in total. The molecule has 1 aromatic rings. The van der Waals surface area contributed by atoms with E-state index in [9.17, 15) is 0 Å². The van der Waals surface area contributed by atoms with Crippen molar-refractivity contribution >= 4 is 11.3 Å². The van der Waals surface area contributed by atoms with Gasteiger partial charge in [0.1, 0.15) is 0 Å². The summed E-state index contributed by atoms with van der Waals surface area (Å²) in [5.41, 5.74) is 7.25. The molecule has 0 saturated heterocycles. The second-order valence-corrected chi connectivity index (χ2v) is 5.80. The molecule has 1 fully saturated rings. The lowest BCUT2D eigenvalue weighted by molar-refractivity contribution is 0.267. The van der Waals surface area contributed by atoms with Crippen molar-refractivity contribution in [2.75, 3.05) is 6.54 Å². The third-order valence-corrected chi connectivity index (χ3v) is 4.73. The Balaban J connectivity index is 1.86. The highest BCUT2D eigenvalue weighted by molar-refractivity contribution is 7.10. The van der Waals surface area contributed by atoms with Crippen molar-refractivity contribution < 1.29 is 0 Å². The summed E-state index contributed by atoms with van der Waals surface area (Å²) in [6.07, 6.45) is 5.32. The van der Waals surface area contributed by atoms with Crippen LogP contribution in [0.25, 0.3) is 0 Å². The van der Waals surface area contributed by atoms with E-state index in [1.165, 1.54) is 36.1 Å². The van der Waals surface area contributed by atoms with Crippen molar-refractivity contribution in [3.63, 3.8) is 0 Å². The Morgan fingerprint density at radius 1 is 1.44 bits per heavy atom. The summed E-state index contributed by atoms with van der Waals surface area (Å²) >= 11 is 1.85. The van der Waals surface area contributed by atoms with Gasteiger partial charge in [-0.15, -0.1) is 11.3 Å². The van der Waals surface area contributed by atoms with Crippen LogP contribution in [0.1, 0.15) is 36.1 Å². The maximum absolute atomic E-state index is 5.84. The van der Waals surface area contributed by atoms with Gasteiger partial charge < -0.3 is 11.1 Å². The fraction of sp³-hybridized carbons (Fsp3) is 0.692. The summed E-state index contributed by atoms with van der Waals surface area (Å²) in [7, 11) is 0. The maximum atomic E-state index is 5.84. The zero-order valence-electron chi connectivity index (χ0n) is 10.0. The van der Waals surface area contributed by atoms with E-state index in [1.54, 1.807) is 0 Å². The average Bonchev–Trinajstić information content (AvgIpc) is 2.72. The summed E-state index contributed by atoms with van der Waals surface area (Å²) in [6, 6.07) is 2.84. The molecular formula is C13H22N2S. The van der Waals surface area contributed by atoms with Gasteiger partial charge in [0.05, 0.1) is 0 Å². The van der Waals surface area contributed by atoms with Crippen LogP contribution in [-0.2, 0) is 6.54 Å². The summed E-state index contributed by atoms with van der Waals surface area (Å²) in [6.45, 7) is 4.04. The topological polar surface area (TPSA) is 38.0 Å². The SMILES string of the molecule is Cc1ccsc1CNC1CCCCC1CN. The Morgan fingerprint density at radius 3 is 2.94 bits per heavy atom. The molecule has 3 N–H and O–H groups in total. The summed E-state index contributed by atoms with van der Waals surface area (Å²) in [5.74, 6) is 0.689. The number of nitrogens with one attached hydrogen (secondary N) is 1. The third-order valence-electron chi connectivity index (χ3n) is 3.70. The number of hydrogen-bond donors (Lipinski definition) is 2. The third kappa shape index (κ3) is 2.84. The molecule has 0 spiro atoms. The van der Waals surface area contributed by atoms with Crippen LogP contribution in [0.4, 0.5) is 0 Å². The highest BCUT2D eigenvalue weighted by Crippen LogP contribution is 2.24. The van der Waals surface area contributed by atoms with Crippen molar-refractivity contribution in [3.8, 4) is 0 Å². The quantitative estimate of drug-likeness (QED) is 0.846. The first kappa shape index (κ1) is 12.1. The molecular weight excluding hydrogens is 216 g/mol. The monoisotopic (exact) mass is 238 g/mol. The van der Waals surface area contributed by atoms with Crippen molar-refractivity contribution in [3.05, 3.63) is 21.9 Å². The van der Waals surface area contributed by atoms with Gasteiger partial charge in [0.2, 0.25) is 0 Å². The maximum Gasteiger partial charge on any atom is 0.0305 e. The smallest absolute Gasteiger partial charge is 0.0305 e. The molecule has 1 saturated carbocycles. The number of rotatable bonds is 4. The Bertz CT molecular complexity index is 321. The first-order chi connectivity index (χ1) is 7.81. The molecule has 16 heavy (non-hydrogen) atoms. The molecule has 2 rings (SSSR count). The molecule has 90 valence electrons. The summed E-state index contributed by atoms with van der Waals surface area (Å²) < 4.78 is 0. The molecule has 1 aliphatic carbocycles. The van der Waals surface area contributed by atoms with E-state index in [4.69, 9.17) is 5.73 Å². The van der Waals surface area contributed by atoms with E-state index in [0.29, 0.717) is 12.0 Å². The largest absolute Gasteiger partial charge is 0.330 e. The van der Waals surface area contributed by atoms with Crippen molar-refractivity contribution in [1.82, 2.24) is 5.32 Å². The lowest BCUT2D eigenvalue weighted by atomic mass is 9.84. The van der Waals surface area contributed by atoms with Gasteiger partial charge in [0.25, 0.3) is 0 Å². The fourth-order valence-corrected chi connectivity index (χ4v) is 3.42. The Hall–Kier alpha value is -0.380. The molecule has 0 bridgehead atoms. The van der Waals surface area contributed by atoms with Crippen LogP contribution >= 0.6 is 11.3 Å². The summed E-state index contributed by atoms with van der Waals surface area (Å²) in [5, 5.41) is 5.87. The molecule has 2 atom stereocenters. The van der Waals surface area contributed by atoms with Crippen LogP contribution in [0.3, 0.4) is 0 Å². The molecule has 1 aromatic heterocycles. The van der Waals surface area contributed by atoms with Crippen LogP contribution in [0.2, 0.25) is 0 Å². The van der Waals surface area contributed by atoms with Crippen molar-refractivity contribution in [1.29, 1.82) is 0 Å². The van der Waals surface area contributed by atoms with E-state index < -0.39 is 0 Å². The highest BCUT2D eigenvalue weighted by Gasteiger charge is 2.23. The zero-order chi connectivity index (χ0) is 11.4. The van der Waals surface area contributed by atoms with E-state index >= 15 is 0 Å². The van der Waals surface area contributed by atoms with Crippen LogP contribution in [0, 0.1) is 12.8 Å². The minimum absolute atomic E-state index is 0.639. The van der Waals surface area contributed by atoms with Crippen LogP contribution in [0.15, 0.2) is 11.4 Å². The van der Waals surface area contributed by atoms with Gasteiger partial charge in [-0.2, -0.15) is 0 Å². The normalized spacial score (nSPS) is 25.9. The van der Waals surface area contributed by atoms with Crippen molar-refractivity contribution in [2.24, 2.45) is 11.7 Å². The first-order valence-electron chi connectivity index (χ1n) is 6.27. The van der Waals surface area contributed by atoms with Gasteiger partial charge in [-0.25, -0.2) is 0 Å². The predicted octanol–water partition coefficient (Wildman–Crippen LogP) is 2.66. The van der Waals surface area contributed by atoms with Gasteiger partial charge in [-0.1, -0.05) is 12.8 Å². The molecule has 1 aliphatic rings. The second kappa shape index (κ2) is 5.80. The average molecular weight is 238 g/mol. The minimum Gasteiger partial charge on any atom is -0.330 e. The Kier molecular flexibility index (Phi) is 4.38. The molecule has 1 heterocycles. The van der Waals surface area contributed by atoms with Gasteiger partial charge in [0, 0.05) is 17.5 Å². The standard InChI is InChI=1S/C13H22N2S/c1-10-6-7-16-13(10)9-15-12-5-3-2-4-11(12)8-14/h6-7,11-12,15H,2-5,8-9,14H2,1H3. The second-order valence-electron chi connectivity index (χ2n) is 4.79. The number of thiophene rings is 1.